The van der Waals surface area contributed by atoms with Crippen LogP contribution in [-0.4, -0.2) is 32.5 Å². The topological polar surface area (TPSA) is 113 Å². The van der Waals surface area contributed by atoms with Crippen LogP contribution in [0.3, 0.4) is 0 Å². The standard InChI is InChI=1S/C11H12N4O5/c1-3-19-11(16)10-7(2)14(13-12-10)6-8-4-5-9(20-8)15(17)18/h4-5H,3,6H2,1-2H3. The van der Waals surface area contributed by atoms with E-state index in [2.05, 4.69) is 10.3 Å². The quantitative estimate of drug-likeness (QED) is 0.461. The zero-order valence-corrected chi connectivity index (χ0v) is 10.9. The molecule has 2 aromatic heterocycles. The lowest BCUT2D eigenvalue weighted by molar-refractivity contribution is -0.402. The van der Waals surface area contributed by atoms with Crippen LogP contribution in [0.5, 0.6) is 0 Å². The summed E-state index contributed by atoms with van der Waals surface area (Å²) in [7, 11) is 0. The van der Waals surface area contributed by atoms with Crippen molar-refractivity contribution in [1.82, 2.24) is 15.0 Å². The molecule has 0 N–H and O–H groups in total. The third-order valence-corrected chi connectivity index (χ3v) is 2.58. The summed E-state index contributed by atoms with van der Waals surface area (Å²) >= 11 is 0. The van der Waals surface area contributed by atoms with Gasteiger partial charge in [0.1, 0.15) is 17.2 Å². The first kappa shape index (κ1) is 13.7. The normalized spacial score (nSPS) is 10.5. The van der Waals surface area contributed by atoms with Crippen LogP contribution in [-0.2, 0) is 11.3 Å². The minimum absolute atomic E-state index is 0.118. The number of rotatable bonds is 5. The van der Waals surface area contributed by atoms with Crippen LogP contribution in [0.2, 0.25) is 0 Å². The monoisotopic (exact) mass is 280 g/mol. The first-order chi connectivity index (χ1) is 9.52. The molecule has 0 spiro atoms. The molecule has 2 aromatic rings. The zero-order valence-electron chi connectivity index (χ0n) is 10.9. The largest absolute Gasteiger partial charge is 0.461 e. The summed E-state index contributed by atoms with van der Waals surface area (Å²) in [5.74, 6) is -0.551. The van der Waals surface area contributed by atoms with E-state index in [4.69, 9.17) is 9.15 Å². The number of carbonyl (C=O) groups is 1. The van der Waals surface area contributed by atoms with E-state index in [9.17, 15) is 14.9 Å². The minimum atomic E-state index is -0.623. The van der Waals surface area contributed by atoms with Crippen molar-refractivity contribution in [3.63, 3.8) is 0 Å². The fourth-order valence-electron chi connectivity index (χ4n) is 1.60. The van der Waals surface area contributed by atoms with Crippen molar-refractivity contribution < 1.29 is 18.9 Å². The summed E-state index contributed by atoms with van der Waals surface area (Å²) in [6.45, 7) is 3.74. The van der Waals surface area contributed by atoms with Crippen LogP contribution < -0.4 is 0 Å². The average molecular weight is 280 g/mol. The van der Waals surface area contributed by atoms with Gasteiger partial charge in [0.2, 0.25) is 0 Å². The molecule has 0 radical (unpaired) electrons. The van der Waals surface area contributed by atoms with Gasteiger partial charge in [-0.2, -0.15) is 0 Å². The molecule has 0 amide bonds. The summed E-state index contributed by atoms with van der Waals surface area (Å²) in [6.07, 6.45) is 0. The van der Waals surface area contributed by atoms with Gasteiger partial charge in [0.25, 0.3) is 0 Å². The van der Waals surface area contributed by atoms with E-state index < -0.39 is 10.9 Å². The van der Waals surface area contributed by atoms with E-state index in [1.165, 1.54) is 16.8 Å². The number of furan rings is 1. The third kappa shape index (κ3) is 2.66. The van der Waals surface area contributed by atoms with Gasteiger partial charge in [0.15, 0.2) is 5.69 Å². The van der Waals surface area contributed by atoms with Crippen LogP contribution >= 0.6 is 0 Å². The lowest BCUT2D eigenvalue weighted by atomic mass is 10.3. The Bertz CT molecular complexity index is 645. The van der Waals surface area contributed by atoms with Crippen molar-refractivity contribution in [1.29, 1.82) is 0 Å². The van der Waals surface area contributed by atoms with Crippen molar-refractivity contribution >= 4 is 11.9 Å². The lowest BCUT2D eigenvalue weighted by Gasteiger charge is -2.01. The second kappa shape index (κ2) is 5.51. The maximum absolute atomic E-state index is 11.6. The zero-order chi connectivity index (χ0) is 14.7. The molecule has 0 saturated heterocycles. The Morgan fingerprint density at radius 1 is 1.55 bits per heavy atom. The van der Waals surface area contributed by atoms with Crippen LogP contribution in [0.4, 0.5) is 5.88 Å². The smallest absolute Gasteiger partial charge is 0.433 e. The lowest BCUT2D eigenvalue weighted by Crippen LogP contribution is -2.08. The molecule has 0 bridgehead atoms. The minimum Gasteiger partial charge on any atom is -0.461 e. The molecule has 9 nitrogen and oxygen atoms in total. The highest BCUT2D eigenvalue weighted by atomic mass is 16.6. The molecule has 2 heterocycles. The van der Waals surface area contributed by atoms with Gasteiger partial charge in [-0.05, 0) is 19.9 Å². The summed E-state index contributed by atoms with van der Waals surface area (Å²) in [4.78, 5) is 21.5. The Kier molecular flexibility index (Phi) is 3.78. The average Bonchev–Trinajstić information content (AvgIpc) is 2.99. The molecule has 9 heteroatoms. The van der Waals surface area contributed by atoms with Gasteiger partial charge >= 0.3 is 11.9 Å². The van der Waals surface area contributed by atoms with Crippen LogP contribution in [0.15, 0.2) is 16.5 Å². The number of carbonyl (C=O) groups excluding carboxylic acids is 1. The summed E-state index contributed by atoms with van der Waals surface area (Å²) in [5, 5.41) is 18.1. The highest BCUT2D eigenvalue weighted by molar-refractivity contribution is 5.88. The van der Waals surface area contributed by atoms with E-state index in [0.29, 0.717) is 11.5 Å². The second-order valence-corrected chi connectivity index (χ2v) is 3.90. The highest BCUT2D eigenvalue weighted by Crippen LogP contribution is 2.17. The van der Waals surface area contributed by atoms with Gasteiger partial charge in [0, 0.05) is 0 Å². The fraction of sp³-hybridized carbons (Fsp3) is 0.364. The Labute approximate surface area is 113 Å². The van der Waals surface area contributed by atoms with Crippen molar-refractivity contribution in [3.8, 4) is 0 Å². The van der Waals surface area contributed by atoms with E-state index in [1.54, 1.807) is 13.8 Å². The SMILES string of the molecule is CCOC(=O)c1nnn(Cc2ccc([N+](=O)[O-])o2)c1C. The maximum atomic E-state index is 11.6. The molecular weight excluding hydrogens is 268 g/mol. The number of nitro groups is 1. The van der Waals surface area contributed by atoms with Crippen molar-refractivity contribution in [2.75, 3.05) is 6.61 Å². The van der Waals surface area contributed by atoms with Crippen molar-refractivity contribution in [2.24, 2.45) is 0 Å². The van der Waals surface area contributed by atoms with Gasteiger partial charge in [-0.3, -0.25) is 10.1 Å². The Morgan fingerprint density at radius 2 is 2.30 bits per heavy atom. The Morgan fingerprint density at radius 3 is 2.90 bits per heavy atom. The predicted octanol–water partition coefficient (Wildman–Crippen LogP) is 1.31. The van der Waals surface area contributed by atoms with Crippen LogP contribution in [0.25, 0.3) is 0 Å². The summed E-state index contributed by atoms with van der Waals surface area (Å²) in [5.41, 5.74) is 0.621. The fourth-order valence-corrected chi connectivity index (χ4v) is 1.60. The highest BCUT2D eigenvalue weighted by Gasteiger charge is 2.19. The molecule has 0 atom stereocenters. The molecule has 0 saturated carbocycles. The van der Waals surface area contributed by atoms with Gasteiger partial charge < -0.3 is 9.15 Å². The number of hydrogen-bond acceptors (Lipinski definition) is 7. The van der Waals surface area contributed by atoms with E-state index in [-0.39, 0.29) is 24.7 Å². The first-order valence-electron chi connectivity index (χ1n) is 5.83. The molecule has 0 aliphatic carbocycles. The van der Waals surface area contributed by atoms with Crippen molar-refractivity contribution in [3.05, 3.63) is 39.4 Å². The van der Waals surface area contributed by atoms with E-state index >= 15 is 0 Å². The summed E-state index contributed by atoms with van der Waals surface area (Å²) < 4.78 is 11.3. The second-order valence-electron chi connectivity index (χ2n) is 3.90. The Hall–Kier alpha value is -2.71. The number of ether oxygens (including phenoxy) is 1. The maximum Gasteiger partial charge on any atom is 0.433 e. The third-order valence-electron chi connectivity index (χ3n) is 2.58. The van der Waals surface area contributed by atoms with Gasteiger partial charge in [0.05, 0.1) is 18.4 Å². The van der Waals surface area contributed by atoms with Crippen LogP contribution in [0.1, 0.15) is 28.9 Å². The molecule has 106 valence electrons. The number of esters is 1. The molecule has 2 rings (SSSR count). The number of hydrogen-bond donors (Lipinski definition) is 0. The number of nitrogens with zero attached hydrogens (tertiary/aromatic N) is 4. The van der Waals surface area contributed by atoms with Crippen LogP contribution in [0, 0.1) is 17.0 Å². The molecular formula is C11H12N4O5. The molecule has 20 heavy (non-hydrogen) atoms. The van der Waals surface area contributed by atoms with Gasteiger partial charge in [-0.1, -0.05) is 5.21 Å². The molecule has 0 fully saturated rings. The van der Waals surface area contributed by atoms with Crippen molar-refractivity contribution in [2.45, 2.75) is 20.4 Å². The molecule has 0 aromatic carbocycles. The van der Waals surface area contributed by atoms with E-state index in [0.717, 1.165) is 0 Å². The van der Waals surface area contributed by atoms with Gasteiger partial charge in [-0.25, -0.2) is 9.48 Å². The predicted molar refractivity (Wildman–Crippen MR) is 65.2 cm³/mol. The molecule has 0 aliphatic rings. The van der Waals surface area contributed by atoms with Gasteiger partial charge in [-0.15, -0.1) is 5.10 Å². The Balaban J connectivity index is 2.17. The first-order valence-corrected chi connectivity index (χ1v) is 5.83. The van der Waals surface area contributed by atoms with E-state index in [1.807, 2.05) is 0 Å². The molecule has 0 unspecified atom stereocenters. The molecule has 0 aliphatic heterocycles. The summed E-state index contributed by atoms with van der Waals surface area (Å²) in [6, 6.07) is 2.73. The number of aromatic nitrogens is 3.